The zero-order chi connectivity index (χ0) is 16.2. The van der Waals surface area contributed by atoms with Gasteiger partial charge in [-0.2, -0.15) is 0 Å². The van der Waals surface area contributed by atoms with E-state index in [2.05, 4.69) is 0 Å². The Kier molecular flexibility index (Phi) is 14.1. The van der Waals surface area contributed by atoms with Gasteiger partial charge in [0.05, 0.1) is 6.10 Å². The number of benzene rings is 2. The molecule has 0 saturated heterocycles. The van der Waals surface area contributed by atoms with Crippen LogP contribution in [0.2, 0.25) is 0 Å². The Labute approximate surface area is 147 Å². The lowest BCUT2D eigenvalue weighted by atomic mass is 10.2. The molecular weight excluding hydrogens is 296 g/mol. The van der Waals surface area contributed by atoms with E-state index >= 15 is 0 Å². The third-order valence-corrected chi connectivity index (χ3v) is 2.68. The fourth-order valence-corrected chi connectivity index (χ4v) is 1.59. The van der Waals surface area contributed by atoms with Crippen molar-refractivity contribution in [2.75, 3.05) is 0 Å². The first kappa shape index (κ1) is 23.8. The van der Waals surface area contributed by atoms with Crippen molar-refractivity contribution in [3.8, 4) is 0 Å². The Balaban J connectivity index is 0. The van der Waals surface area contributed by atoms with Gasteiger partial charge in [-0.3, -0.25) is 4.79 Å². The van der Waals surface area contributed by atoms with Gasteiger partial charge < -0.3 is 5.11 Å². The monoisotopic (exact) mass is 326 g/mol. The van der Waals surface area contributed by atoms with Crippen LogP contribution in [0.25, 0.3) is 12.2 Å². The van der Waals surface area contributed by atoms with Crippen molar-refractivity contribution in [2.24, 2.45) is 0 Å². The molecule has 0 aliphatic heterocycles. The summed E-state index contributed by atoms with van der Waals surface area (Å²) in [5.74, 6) is 0.0776. The molecule has 0 heterocycles. The van der Waals surface area contributed by atoms with Gasteiger partial charge >= 0.3 is 0 Å². The molecule has 2 aromatic carbocycles. The Morgan fingerprint density at radius 2 is 1.29 bits per heavy atom. The van der Waals surface area contributed by atoms with Crippen LogP contribution in [0.5, 0.6) is 0 Å². The zero-order valence-corrected chi connectivity index (χ0v) is 13.0. The highest BCUT2D eigenvalue weighted by molar-refractivity contribution is 5.91. The molecular formula is C22H30O2. The Bertz CT molecular complexity index is 596. The van der Waals surface area contributed by atoms with E-state index in [-0.39, 0.29) is 26.7 Å². The van der Waals surface area contributed by atoms with Crippen LogP contribution < -0.4 is 0 Å². The summed E-state index contributed by atoms with van der Waals surface area (Å²) in [7, 11) is 0. The first-order valence-electron chi connectivity index (χ1n) is 7.23. The number of carbonyl (C=O) groups excluding carboxylic acids is 1. The van der Waals surface area contributed by atoms with Gasteiger partial charge in [-0.15, -0.1) is 0 Å². The molecule has 1 atom stereocenters. The minimum Gasteiger partial charge on any atom is -0.389 e. The second-order valence-corrected chi connectivity index (χ2v) is 4.87. The zero-order valence-electron chi connectivity index (χ0n) is 13.0. The van der Waals surface area contributed by atoms with Gasteiger partial charge in [0.2, 0.25) is 0 Å². The molecule has 0 spiro atoms. The van der Waals surface area contributed by atoms with E-state index in [0.717, 1.165) is 11.1 Å². The number of allylic oxidation sites excluding steroid dienone is 1. The van der Waals surface area contributed by atoms with Crippen molar-refractivity contribution in [3.05, 3.63) is 83.9 Å². The van der Waals surface area contributed by atoms with Crippen molar-refractivity contribution < 1.29 is 9.90 Å². The fourth-order valence-electron chi connectivity index (χ4n) is 1.59. The minimum atomic E-state index is -0.366. The summed E-state index contributed by atoms with van der Waals surface area (Å²) in [6.07, 6.45) is 6.67. The molecule has 2 rings (SSSR count). The Hall–Kier alpha value is -2.45. The average Bonchev–Trinajstić information content (AvgIpc) is 2.53. The summed E-state index contributed by atoms with van der Waals surface area (Å²) < 4.78 is 0. The first-order chi connectivity index (χ1) is 10.6. The molecule has 2 aromatic rings. The quantitative estimate of drug-likeness (QED) is 0.738. The molecule has 0 aromatic heterocycles. The first-order valence-corrected chi connectivity index (χ1v) is 7.23. The molecule has 2 heteroatoms. The van der Waals surface area contributed by atoms with Crippen LogP contribution in [0.15, 0.2) is 72.8 Å². The van der Waals surface area contributed by atoms with Gasteiger partial charge in [-0.25, -0.2) is 0 Å². The van der Waals surface area contributed by atoms with Gasteiger partial charge in [0, 0.05) is 0 Å². The van der Waals surface area contributed by atoms with E-state index in [1.807, 2.05) is 72.8 Å². The van der Waals surface area contributed by atoms with E-state index < -0.39 is 0 Å². The molecule has 0 fully saturated rings. The maximum absolute atomic E-state index is 10.5. The smallest absolute Gasteiger partial charge is 0.152 e. The molecule has 0 bridgehead atoms. The van der Waals surface area contributed by atoms with E-state index in [1.54, 1.807) is 26.0 Å². The molecule has 0 aliphatic rings. The lowest BCUT2D eigenvalue weighted by Crippen LogP contribution is -1.90. The molecule has 130 valence electrons. The highest BCUT2D eigenvalue weighted by Gasteiger charge is 1.86. The van der Waals surface area contributed by atoms with Gasteiger partial charge in [0.1, 0.15) is 0 Å². The minimum absolute atomic E-state index is 0. The average molecular weight is 326 g/mol. The SMILES string of the molecule is C.C.CC(=O)/C=C/c1ccccc1.CC(O)/C=C/c1ccccc1. The molecule has 1 N–H and O–H groups in total. The summed E-state index contributed by atoms with van der Waals surface area (Å²) in [6, 6.07) is 19.7. The molecule has 24 heavy (non-hydrogen) atoms. The predicted molar refractivity (Wildman–Crippen MR) is 107 cm³/mol. The van der Waals surface area contributed by atoms with E-state index in [0.29, 0.717) is 0 Å². The van der Waals surface area contributed by atoms with E-state index in [4.69, 9.17) is 5.11 Å². The third-order valence-electron chi connectivity index (χ3n) is 2.68. The van der Waals surface area contributed by atoms with Crippen LogP contribution >= 0.6 is 0 Å². The number of hydrogen-bond donors (Lipinski definition) is 1. The summed E-state index contributed by atoms with van der Waals surface area (Å²) in [5, 5.41) is 8.93. The number of aliphatic hydroxyl groups excluding tert-OH is 1. The van der Waals surface area contributed by atoms with Crippen LogP contribution in [0, 0.1) is 0 Å². The molecule has 0 aliphatic carbocycles. The van der Waals surface area contributed by atoms with Gasteiger partial charge in [-0.1, -0.05) is 93.7 Å². The number of carbonyl (C=O) groups is 1. The Morgan fingerprint density at radius 3 is 1.67 bits per heavy atom. The van der Waals surface area contributed by atoms with Crippen molar-refractivity contribution in [1.82, 2.24) is 0 Å². The summed E-state index contributed by atoms with van der Waals surface area (Å²) in [4.78, 5) is 10.5. The van der Waals surface area contributed by atoms with E-state index in [1.165, 1.54) is 0 Å². The second kappa shape index (κ2) is 14.2. The largest absolute Gasteiger partial charge is 0.389 e. The van der Waals surface area contributed by atoms with Crippen molar-refractivity contribution in [1.29, 1.82) is 0 Å². The summed E-state index contributed by atoms with van der Waals surface area (Å²) in [6.45, 7) is 3.28. The van der Waals surface area contributed by atoms with Gasteiger partial charge in [0.25, 0.3) is 0 Å². The predicted octanol–water partition coefficient (Wildman–Crippen LogP) is 5.64. The molecule has 0 radical (unpaired) electrons. The molecule has 0 amide bonds. The standard InChI is InChI=1S/C10H12O.C10H10O.2CH4/c2*1-9(11)7-8-10-5-3-2-4-6-10;;/h2-9,11H,1H3;2-8H,1H3;2*1H4/b2*8-7+;;. The normalized spacial score (nSPS) is 11.0. The summed E-state index contributed by atoms with van der Waals surface area (Å²) in [5.41, 5.74) is 2.18. The second-order valence-electron chi connectivity index (χ2n) is 4.87. The third kappa shape index (κ3) is 12.1. The van der Waals surface area contributed by atoms with Crippen molar-refractivity contribution >= 4 is 17.9 Å². The number of hydrogen-bond acceptors (Lipinski definition) is 2. The molecule has 1 unspecified atom stereocenters. The van der Waals surface area contributed by atoms with E-state index in [9.17, 15) is 4.79 Å². The van der Waals surface area contributed by atoms with Gasteiger partial charge in [0.15, 0.2) is 5.78 Å². The topological polar surface area (TPSA) is 37.3 Å². The number of aliphatic hydroxyl groups is 1. The fraction of sp³-hybridized carbons (Fsp3) is 0.227. The maximum Gasteiger partial charge on any atom is 0.152 e. The maximum atomic E-state index is 10.5. The highest BCUT2D eigenvalue weighted by atomic mass is 16.3. The van der Waals surface area contributed by atoms with Crippen LogP contribution in [0.4, 0.5) is 0 Å². The lowest BCUT2D eigenvalue weighted by molar-refractivity contribution is -0.112. The molecule has 2 nitrogen and oxygen atoms in total. The number of ketones is 1. The van der Waals surface area contributed by atoms with Gasteiger partial charge in [-0.05, 0) is 31.1 Å². The van der Waals surface area contributed by atoms with Crippen LogP contribution in [-0.4, -0.2) is 17.0 Å². The van der Waals surface area contributed by atoms with Crippen molar-refractivity contribution in [2.45, 2.75) is 34.8 Å². The van der Waals surface area contributed by atoms with Crippen LogP contribution in [0.3, 0.4) is 0 Å². The number of rotatable bonds is 4. The van der Waals surface area contributed by atoms with Crippen LogP contribution in [0.1, 0.15) is 39.8 Å². The van der Waals surface area contributed by atoms with Crippen molar-refractivity contribution in [3.63, 3.8) is 0 Å². The van der Waals surface area contributed by atoms with Crippen LogP contribution in [-0.2, 0) is 4.79 Å². The lowest BCUT2D eigenvalue weighted by Gasteiger charge is -1.93. The highest BCUT2D eigenvalue weighted by Crippen LogP contribution is 2.01. The summed E-state index contributed by atoms with van der Waals surface area (Å²) >= 11 is 0. The Morgan fingerprint density at radius 1 is 0.875 bits per heavy atom. The molecule has 0 saturated carbocycles.